The van der Waals surface area contributed by atoms with Gasteiger partial charge in [0.1, 0.15) is 24.6 Å². The average Bonchev–Trinajstić information content (AvgIpc) is 2.98. The maximum Gasteiger partial charge on any atom is 0.306 e. The fraction of sp³-hybridized carbons (Fsp3) is 0.765. The van der Waals surface area contributed by atoms with E-state index >= 15 is 0 Å². The van der Waals surface area contributed by atoms with E-state index in [9.17, 15) is 19.8 Å². The maximum absolute atomic E-state index is 12.4. The summed E-state index contributed by atoms with van der Waals surface area (Å²) >= 11 is 0. The Morgan fingerprint density at radius 1 is 1.40 bits per heavy atom. The van der Waals surface area contributed by atoms with Gasteiger partial charge >= 0.3 is 5.97 Å². The standard InChI is InChI=1S/C17H27NO7/c1-17(2,3)25-14(21)5-4-11(8-19)18-16(22)10-6-12(20)15-13(7-10)23-9-24-15/h7,11-13,15,19-20H,4-6,8-9H2,1-3H3,(H,18,22). The average molecular weight is 357 g/mol. The molecular weight excluding hydrogens is 330 g/mol. The number of carbonyl (C=O) groups is 2. The van der Waals surface area contributed by atoms with E-state index in [0.29, 0.717) is 5.57 Å². The van der Waals surface area contributed by atoms with E-state index in [0.717, 1.165) is 0 Å². The van der Waals surface area contributed by atoms with Crippen molar-refractivity contribution in [3.05, 3.63) is 11.6 Å². The molecule has 1 aliphatic heterocycles. The van der Waals surface area contributed by atoms with Crippen molar-refractivity contribution in [2.75, 3.05) is 13.4 Å². The number of carbonyl (C=O) groups excluding carboxylic acids is 2. The largest absolute Gasteiger partial charge is 0.460 e. The lowest BCUT2D eigenvalue weighted by Gasteiger charge is -2.27. The lowest BCUT2D eigenvalue weighted by Crippen LogP contribution is -2.44. The van der Waals surface area contributed by atoms with E-state index < -0.39 is 35.9 Å². The van der Waals surface area contributed by atoms with E-state index in [4.69, 9.17) is 14.2 Å². The highest BCUT2D eigenvalue weighted by atomic mass is 16.7. The topological polar surface area (TPSA) is 114 Å². The third kappa shape index (κ3) is 5.78. The summed E-state index contributed by atoms with van der Waals surface area (Å²) in [6, 6.07) is -0.573. The minimum Gasteiger partial charge on any atom is -0.460 e. The van der Waals surface area contributed by atoms with Crippen molar-refractivity contribution >= 4 is 11.9 Å². The highest BCUT2D eigenvalue weighted by Gasteiger charge is 2.39. The molecule has 1 heterocycles. The summed E-state index contributed by atoms with van der Waals surface area (Å²) in [7, 11) is 0. The van der Waals surface area contributed by atoms with Crippen molar-refractivity contribution in [2.45, 2.75) is 70.0 Å². The Hall–Kier alpha value is -1.48. The number of amides is 1. The summed E-state index contributed by atoms with van der Waals surface area (Å²) in [6.45, 7) is 5.13. The van der Waals surface area contributed by atoms with Gasteiger partial charge < -0.3 is 29.7 Å². The van der Waals surface area contributed by atoms with Crippen molar-refractivity contribution in [2.24, 2.45) is 0 Å². The van der Waals surface area contributed by atoms with Crippen molar-refractivity contribution in [3.63, 3.8) is 0 Å². The Kier molecular flexibility index (Phi) is 6.56. The fourth-order valence-corrected chi connectivity index (χ4v) is 2.81. The number of aliphatic hydroxyl groups excluding tert-OH is 2. The number of aliphatic hydroxyl groups is 2. The van der Waals surface area contributed by atoms with Gasteiger partial charge in [0.25, 0.3) is 0 Å². The smallest absolute Gasteiger partial charge is 0.306 e. The van der Waals surface area contributed by atoms with Gasteiger partial charge in [-0.2, -0.15) is 0 Å². The van der Waals surface area contributed by atoms with E-state index in [1.807, 2.05) is 0 Å². The third-order valence-electron chi connectivity index (χ3n) is 3.98. The lowest BCUT2D eigenvalue weighted by molar-refractivity contribution is -0.155. The molecule has 142 valence electrons. The molecule has 0 saturated carbocycles. The first kappa shape index (κ1) is 19.8. The first-order valence-electron chi connectivity index (χ1n) is 8.45. The highest BCUT2D eigenvalue weighted by Crippen LogP contribution is 2.28. The van der Waals surface area contributed by atoms with Gasteiger partial charge in [0.15, 0.2) is 0 Å². The first-order chi connectivity index (χ1) is 11.7. The molecule has 0 spiro atoms. The van der Waals surface area contributed by atoms with Crippen LogP contribution in [0.5, 0.6) is 0 Å². The van der Waals surface area contributed by atoms with Crippen LogP contribution < -0.4 is 5.32 Å². The van der Waals surface area contributed by atoms with Crippen LogP contribution in [0.2, 0.25) is 0 Å². The molecule has 4 atom stereocenters. The van der Waals surface area contributed by atoms with Crippen molar-refractivity contribution in [1.29, 1.82) is 0 Å². The van der Waals surface area contributed by atoms with Gasteiger partial charge in [0.2, 0.25) is 5.91 Å². The van der Waals surface area contributed by atoms with Crippen LogP contribution in [0.15, 0.2) is 11.6 Å². The van der Waals surface area contributed by atoms with Crippen LogP contribution >= 0.6 is 0 Å². The molecule has 0 bridgehead atoms. The molecule has 1 amide bonds. The Labute approximate surface area is 147 Å². The molecule has 1 saturated heterocycles. The van der Waals surface area contributed by atoms with Gasteiger partial charge in [-0.15, -0.1) is 0 Å². The molecule has 0 aromatic carbocycles. The van der Waals surface area contributed by atoms with Gasteiger partial charge in [-0.25, -0.2) is 0 Å². The van der Waals surface area contributed by atoms with Crippen LogP contribution in [-0.2, 0) is 23.8 Å². The van der Waals surface area contributed by atoms with Crippen LogP contribution in [0.25, 0.3) is 0 Å². The predicted molar refractivity (Wildman–Crippen MR) is 87.4 cm³/mol. The molecule has 8 nitrogen and oxygen atoms in total. The van der Waals surface area contributed by atoms with Gasteiger partial charge in [-0.3, -0.25) is 9.59 Å². The van der Waals surface area contributed by atoms with Gasteiger partial charge in [-0.05, 0) is 33.3 Å². The number of esters is 1. The summed E-state index contributed by atoms with van der Waals surface area (Å²) in [5.74, 6) is -0.775. The highest BCUT2D eigenvalue weighted by molar-refractivity contribution is 5.94. The van der Waals surface area contributed by atoms with E-state index in [1.165, 1.54) is 0 Å². The summed E-state index contributed by atoms with van der Waals surface area (Å²) in [4.78, 5) is 24.1. The Morgan fingerprint density at radius 3 is 2.76 bits per heavy atom. The minimum absolute atomic E-state index is 0.0894. The first-order valence-corrected chi connectivity index (χ1v) is 8.45. The van der Waals surface area contributed by atoms with Crippen LogP contribution in [-0.4, -0.2) is 65.4 Å². The van der Waals surface area contributed by atoms with Crippen LogP contribution in [0, 0.1) is 0 Å². The molecule has 8 heteroatoms. The van der Waals surface area contributed by atoms with E-state index in [2.05, 4.69) is 5.32 Å². The fourth-order valence-electron chi connectivity index (χ4n) is 2.81. The third-order valence-corrected chi connectivity index (χ3v) is 3.98. The zero-order valence-corrected chi connectivity index (χ0v) is 14.9. The molecule has 25 heavy (non-hydrogen) atoms. The summed E-state index contributed by atoms with van der Waals surface area (Å²) in [5.41, 5.74) is -0.187. The van der Waals surface area contributed by atoms with Crippen LogP contribution in [0.3, 0.4) is 0 Å². The summed E-state index contributed by atoms with van der Waals surface area (Å²) in [6.07, 6.45) is 0.441. The number of hydrogen-bond acceptors (Lipinski definition) is 7. The second-order valence-electron chi connectivity index (χ2n) is 7.32. The summed E-state index contributed by atoms with van der Waals surface area (Å²) < 4.78 is 15.8. The minimum atomic E-state index is -0.812. The molecular formula is C17H27NO7. The Bertz CT molecular complexity index is 526. The number of nitrogens with one attached hydrogen (secondary N) is 1. The van der Waals surface area contributed by atoms with E-state index in [-0.39, 0.29) is 38.6 Å². The normalized spacial score (nSPS) is 27.2. The number of hydrogen-bond donors (Lipinski definition) is 3. The Morgan fingerprint density at radius 2 is 2.12 bits per heavy atom. The van der Waals surface area contributed by atoms with Crippen molar-refractivity contribution in [1.82, 2.24) is 5.32 Å². The molecule has 2 aliphatic rings. The molecule has 0 aromatic heterocycles. The number of fused-ring (bicyclic) bond motifs is 1. The molecule has 4 unspecified atom stereocenters. The van der Waals surface area contributed by atoms with Gasteiger partial charge in [-0.1, -0.05) is 0 Å². The zero-order chi connectivity index (χ0) is 18.6. The molecule has 0 aromatic rings. The van der Waals surface area contributed by atoms with E-state index in [1.54, 1.807) is 26.8 Å². The maximum atomic E-state index is 12.4. The van der Waals surface area contributed by atoms with Gasteiger partial charge in [0, 0.05) is 18.4 Å². The molecule has 3 N–H and O–H groups in total. The van der Waals surface area contributed by atoms with Crippen LogP contribution in [0.4, 0.5) is 0 Å². The zero-order valence-electron chi connectivity index (χ0n) is 14.9. The monoisotopic (exact) mass is 357 g/mol. The van der Waals surface area contributed by atoms with Crippen molar-refractivity contribution < 1.29 is 34.0 Å². The second-order valence-corrected chi connectivity index (χ2v) is 7.32. The van der Waals surface area contributed by atoms with Crippen molar-refractivity contribution in [3.8, 4) is 0 Å². The number of rotatable bonds is 6. The summed E-state index contributed by atoms with van der Waals surface area (Å²) in [5, 5.41) is 22.2. The number of ether oxygens (including phenoxy) is 3. The Balaban J connectivity index is 1.86. The SMILES string of the molecule is CC(C)(C)OC(=O)CCC(CO)NC(=O)C1=CC2OCOC2C(O)C1. The van der Waals surface area contributed by atoms with Crippen LogP contribution in [0.1, 0.15) is 40.0 Å². The van der Waals surface area contributed by atoms with Gasteiger partial charge in [0.05, 0.1) is 18.8 Å². The quantitative estimate of drug-likeness (QED) is 0.574. The predicted octanol–water partition coefficient (Wildman–Crippen LogP) is 0.0179. The molecule has 1 aliphatic carbocycles. The second kappa shape index (κ2) is 8.27. The molecule has 1 fully saturated rings. The lowest BCUT2D eigenvalue weighted by atomic mass is 9.91. The molecule has 0 radical (unpaired) electrons. The molecule has 2 rings (SSSR count).